The molecule has 2 N–H and O–H groups in total. The van der Waals surface area contributed by atoms with Crippen molar-refractivity contribution in [3.05, 3.63) is 29.6 Å². The number of aryl methyl sites for hydroxylation is 1. The fourth-order valence-corrected chi connectivity index (χ4v) is 1.57. The lowest BCUT2D eigenvalue weighted by Gasteiger charge is -2.12. The second kappa shape index (κ2) is 7.01. The largest absolute Gasteiger partial charge is 0.352 e. The highest BCUT2D eigenvalue weighted by Gasteiger charge is 2.07. The molecule has 4 nitrogen and oxygen atoms in total. The molecular weight excluding hydrogens is 214 g/mol. The van der Waals surface area contributed by atoms with Crippen molar-refractivity contribution in [1.29, 1.82) is 0 Å². The molecule has 1 aromatic rings. The number of rotatable bonds is 6. The van der Waals surface area contributed by atoms with Crippen LogP contribution in [0.5, 0.6) is 0 Å². The van der Waals surface area contributed by atoms with Gasteiger partial charge in [0.2, 0.25) is 5.91 Å². The van der Waals surface area contributed by atoms with Crippen molar-refractivity contribution in [2.75, 3.05) is 6.54 Å². The highest BCUT2D eigenvalue weighted by molar-refractivity contribution is 5.76. The van der Waals surface area contributed by atoms with Gasteiger partial charge in [-0.25, -0.2) is 0 Å². The van der Waals surface area contributed by atoms with Crippen molar-refractivity contribution in [3.63, 3.8) is 0 Å². The van der Waals surface area contributed by atoms with Gasteiger partial charge in [0, 0.05) is 30.9 Å². The second-order valence-corrected chi connectivity index (χ2v) is 4.25. The molecule has 0 aliphatic rings. The first-order chi connectivity index (χ1) is 8.11. The smallest absolute Gasteiger partial charge is 0.221 e. The van der Waals surface area contributed by atoms with E-state index in [1.165, 1.54) is 0 Å². The van der Waals surface area contributed by atoms with Crippen LogP contribution in [0.2, 0.25) is 0 Å². The summed E-state index contributed by atoms with van der Waals surface area (Å²) in [6.45, 7) is 7.42. The van der Waals surface area contributed by atoms with E-state index in [0.717, 1.165) is 17.8 Å². The van der Waals surface area contributed by atoms with Crippen LogP contribution in [-0.4, -0.2) is 23.5 Å². The van der Waals surface area contributed by atoms with Gasteiger partial charge in [-0.05, 0) is 32.0 Å². The predicted octanol–water partition coefficient (Wildman–Crippen LogP) is 1.39. The summed E-state index contributed by atoms with van der Waals surface area (Å²) >= 11 is 0. The highest BCUT2D eigenvalue weighted by atomic mass is 16.1. The number of carbonyl (C=O) groups is 1. The van der Waals surface area contributed by atoms with Gasteiger partial charge in [0.05, 0.1) is 0 Å². The number of aromatic nitrogens is 1. The summed E-state index contributed by atoms with van der Waals surface area (Å²) in [5.41, 5.74) is 2.01. The van der Waals surface area contributed by atoms with Gasteiger partial charge >= 0.3 is 0 Å². The Balaban J connectivity index is 2.30. The molecule has 1 heterocycles. The Morgan fingerprint density at radius 2 is 2.24 bits per heavy atom. The van der Waals surface area contributed by atoms with Crippen molar-refractivity contribution in [2.45, 2.75) is 39.8 Å². The summed E-state index contributed by atoms with van der Waals surface area (Å²) in [7, 11) is 0. The lowest BCUT2D eigenvalue weighted by atomic mass is 10.2. The lowest BCUT2D eigenvalue weighted by Crippen LogP contribution is -2.33. The molecule has 1 amide bonds. The third-order valence-electron chi connectivity index (χ3n) is 2.51. The third kappa shape index (κ3) is 5.45. The van der Waals surface area contributed by atoms with E-state index in [1.807, 2.05) is 32.9 Å². The molecule has 0 aromatic carbocycles. The van der Waals surface area contributed by atoms with Crippen LogP contribution in [-0.2, 0) is 11.3 Å². The molecule has 1 aromatic heterocycles. The van der Waals surface area contributed by atoms with E-state index in [2.05, 4.69) is 15.6 Å². The summed E-state index contributed by atoms with van der Waals surface area (Å²) in [4.78, 5) is 15.8. The Bertz CT molecular complexity index is 348. The molecule has 0 fully saturated rings. The van der Waals surface area contributed by atoms with Crippen LogP contribution >= 0.6 is 0 Å². The summed E-state index contributed by atoms with van der Waals surface area (Å²) in [6.07, 6.45) is 2.30. The van der Waals surface area contributed by atoms with Gasteiger partial charge < -0.3 is 10.6 Å². The van der Waals surface area contributed by atoms with Crippen molar-refractivity contribution in [2.24, 2.45) is 0 Å². The maximum atomic E-state index is 11.6. The third-order valence-corrected chi connectivity index (χ3v) is 2.51. The van der Waals surface area contributed by atoms with Crippen molar-refractivity contribution in [3.8, 4) is 0 Å². The molecule has 4 heteroatoms. The zero-order valence-corrected chi connectivity index (χ0v) is 10.8. The highest BCUT2D eigenvalue weighted by Crippen LogP contribution is 1.99. The Labute approximate surface area is 103 Å². The van der Waals surface area contributed by atoms with Crippen LogP contribution in [0.1, 0.15) is 31.5 Å². The molecular formula is C13H21N3O. The SMILES string of the molecule is CCNC(C)CC(=O)NCc1ccc(C)nc1. The first kappa shape index (κ1) is 13.6. The molecule has 94 valence electrons. The van der Waals surface area contributed by atoms with Crippen LogP contribution in [0, 0.1) is 6.92 Å². The quantitative estimate of drug-likeness (QED) is 0.783. The maximum absolute atomic E-state index is 11.6. The summed E-state index contributed by atoms with van der Waals surface area (Å²) in [5.74, 6) is 0.0685. The number of amides is 1. The average Bonchev–Trinajstić information content (AvgIpc) is 2.28. The number of carbonyl (C=O) groups excluding carboxylic acids is 1. The standard InChI is InChI=1S/C13H21N3O/c1-4-14-11(3)7-13(17)16-9-12-6-5-10(2)15-8-12/h5-6,8,11,14H,4,7,9H2,1-3H3,(H,16,17). The first-order valence-corrected chi connectivity index (χ1v) is 6.03. The van der Waals surface area contributed by atoms with E-state index in [1.54, 1.807) is 6.20 Å². The second-order valence-electron chi connectivity index (χ2n) is 4.25. The molecule has 1 atom stereocenters. The molecule has 0 aliphatic heterocycles. The van der Waals surface area contributed by atoms with Gasteiger partial charge in [-0.15, -0.1) is 0 Å². The monoisotopic (exact) mass is 235 g/mol. The van der Waals surface area contributed by atoms with E-state index in [-0.39, 0.29) is 11.9 Å². The fourth-order valence-electron chi connectivity index (χ4n) is 1.57. The van der Waals surface area contributed by atoms with Crippen LogP contribution in [0.4, 0.5) is 0 Å². The van der Waals surface area contributed by atoms with Gasteiger partial charge in [-0.1, -0.05) is 13.0 Å². The van der Waals surface area contributed by atoms with Crippen molar-refractivity contribution >= 4 is 5.91 Å². The molecule has 0 radical (unpaired) electrons. The summed E-state index contributed by atoms with van der Waals surface area (Å²) in [6, 6.07) is 4.15. The Kier molecular flexibility index (Phi) is 5.63. The summed E-state index contributed by atoms with van der Waals surface area (Å²) < 4.78 is 0. The molecule has 1 rings (SSSR count). The van der Waals surface area contributed by atoms with Gasteiger partial charge in [-0.3, -0.25) is 9.78 Å². The van der Waals surface area contributed by atoms with Crippen LogP contribution in [0.25, 0.3) is 0 Å². The average molecular weight is 235 g/mol. The van der Waals surface area contributed by atoms with Gasteiger partial charge in [-0.2, -0.15) is 0 Å². The van der Waals surface area contributed by atoms with E-state index in [4.69, 9.17) is 0 Å². The Morgan fingerprint density at radius 1 is 1.47 bits per heavy atom. The molecule has 0 aliphatic carbocycles. The van der Waals surface area contributed by atoms with E-state index in [0.29, 0.717) is 13.0 Å². The molecule has 1 unspecified atom stereocenters. The zero-order valence-electron chi connectivity index (χ0n) is 10.8. The van der Waals surface area contributed by atoms with E-state index < -0.39 is 0 Å². The van der Waals surface area contributed by atoms with E-state index >= 15 is 0 Å². The molecule has 0 spiro atoms. The minimum atomic E-state index is 0.0685. The van der Waals surface area contributed by atoms with Crippen LogP contribution < -0.4 is 10.6 Å². The minimum absolute atomic E-state index is 0.0685. The van der Waals surface area contributed by atoms with Crippen molar-refractivity contribution in [1.82, 2.24) is 15.6 Å². The first-order valence-electron chi connectivity index (χ1n) is 6.03. The fraction of sp³-hybridized carbons (Fsp3) is 0.538. The normalized spacial score (nSPS) is 12.2. The molecule has 0 bridgehead atoms. The van der Waals surface area contributed by atoms with Gasteiger partial charge in [0.1, 0.15) is 0 Å². The van der Waals surface area contributed by atoms with Gasteiger partial charge in [0.25, 0.3) is 0 Å². The Morgan fingerprint density at radius 3 is 2.82 bits per heavy atom. The number of nitrogens with one attached hydrogen (secondary N) is 2. The number of hydrogen-bond acceptors (Lipinski definition) is 3. The number of pyridine rings is 1. The summed E-state index contributed by atoms with van der Waals surface area (Å²) in [5, 5.41) is 6.10. The maximum Gasteiger partial charge on any atom is 0.221 e. The van der Waals surface area contributed by atoms with Gasteiger partial charge in [0.15, 0.2) is 0 Å². The molecule has 0 saturated carbocycles. The van der Waals surface area contributed by atoms with Crippen LogP contribution in [0.15, 0.2) is 18.3 Å². The Hall–Kier alpha value is -1.42. The lowest BCUT2D eigenvalue weighted by molar-refractivity contribution is -0.121. The van der Waals surface area contributed by atoms with Crippen molar-refractivity contribution < 1.29 is 4.79 Å². The minimum Gasteiger partial charge on any atom is -0.352 e. The number of hydrogen-bond donors (Lipinski definition) is 2. The topological polar surface area (TPSA) is 54.0 Å². The molecule has 0 saturated heterocycles. The zero-order chi connectivity index (χ0) is 12.7. The van der Waals surface area contributed by atoms with Crippen LogP contribution in [0.3, 0.4) is 0 Å². The van der Waals surface area contributed by atoms with E-state index in [9.17, 15) is 4.79 Å². The molecule has 17 heavy (non-hydrogen) atoms. The predicted molar refractivity (Wildman–Crippen MR) is 68.6 cm³/mol. The number of nitrogens with zero attached hydrogens (tertiary/aromatic N) is 1.